The average molecular weight is 286 g/mol. The Morgan fingerprint density at radius 2 is 2.15 bits per heavy atom. The van der Waals surface area contributed by atoms with Crippen LogP contribution in [0, 0.1) is 13.8 Å². The molecular weight excluding hydrogens is 272 g/mol. The first-order valence-corrected chi connectivity index (χ1v) is 7.09. The predicted molar refractivity (Wildman–Crippen MR) is 81.1 cm³/mol. The molecule has 2 N–H and O–H groups in total. The number of hydrogen-bond donors (Lipinski definition) is 1. The number of rotatable bonds is 2. The highest BCUT2D eigenvalue weighted by Crippen LogP contribution is 2.19. The maximum absolute atomic E-state index is 12.3. The van der Waals surface area contributed by atoms with Crippen molar-refractivity contribution in [1.29, 1.82) is 0 Å². The van der Waals surface area contributed by atoms with Gasteiger partial charge in [-0.1, -0.05) is 0 Å². The number of aromatic nitrogens is 3. The van der Waals surface area contributed by atoms with Crippen molar-refractivity contribution in [3.05, 3.63) is 51.1 Å². The second-order valence-electron chi connectivity index (χ2n) is 4.74. The van der Waals surface area contributed by atoms with Crippen LogP contribution in [0.25, 0.3) is 10.2 Å². The predicted octanol–water partition coefficient (Wildman–Crippen LogP) is 2.10. The lowest BCUT2D eigenvalue weighted by atomic mass is 10.1. The Labute approximate surface area is 119 Å². The molecule has 3 aromatic heterocycles. The molecule has 0 aliphatic rings. The van der Waals surface area contributed by atoms with E-state index in [1.165, 1.54) is 11.3 Å². The number of hydrogen-bond acceptors (Lipinski definition) is 5. The number of thiophene rings is 1. The fourth-order valence-electron chi connectivity index (χ4n) is 2.10. The van der Waals surface area contributed by atoms with Crippen LogP contribution >= 0.6 is 11.3 Å². The van der Waals surface area contributed by atoms with Crippen molar-refractivity contribution in [3.8, 4) is 0 Å². The summed E-state index contributed by atoms with van der Waals surface area (Å²) in [6.45, 7) is 4.23. The van der Waals surface area contributed by atoms with Gasteiger partial charge in [-0.05, 0) is 36.4 Å². The summed E-state index contributed by atoms with van der Waals surface area (Å²) < 4.78 is 2.24. The van der Waals surface area contributed by atoms with Crippen LogP contribution in [0.1, 0.15) is 16.8 Å². The van der Waals surface area contributed by atoms with Crippen LogP contribution in [-0.4, -0.2) is 14.5 Å². The molecule has 0 saturated carbocycles. The topological polar surface area (TPSA) is 73.8 Å². The molecule has 6 heteroatoms. The fourth-order valence-corrected chi connectivity index (χ4v) is 2.90. The van der Waals surface area contributed by atoms with Gasteiger partial charge in [-0.3, -0.25) is 14.3 Å². The van der Waals surface area contributed by atoms with Crippen molar-refractivity contribution < 1.29 is 0 Å². The third-order valence-electron chi connectivity index (χ3n) is 3.43. The standard InChI is InChI=1S/C14H14N4OS/c1-8-5-16-11(9(2)12(8)15)6-18-7-17-10-3-4-20-13(10)14(18)19/h3-5,7H,6H2,1-2H3,(H2,15,16). The number of fused-ring (bicyclic) bond motifs is 1. The monoisotopic (exact) mass is 286 g/mol. The molecule has 102 valence electrons. The molecule has 20 heavy (non-hydrogen) atoms. The van der Waals surface area contributed by atoms with Gasteiger partial charge in [-0.15, -0.1) is 11.3 Å². The van der Waals surface area contributed by atoms with E-state index in [2.05, 4.69) is 9.97 Å². The van der Waals surface area contributed by atoms with Crippen LogP contribution < -0.4 is 11.3 Å². The van der Waals surface area contributed by atoms with Crippen molar-refractivity contribution in [1.82, 2.24) is 14.5 Å². The van der Waals surface area contributed by atoms with Gasteiger partial charge in [0.05, 0.1) is 24.1 Å². The minimum atomic E-state index is -0.0367. The summed E-state index contributed by atoms with van der Waals surface area (Å²) in [6.07, 6.45) is 3.30. The maximum atomic E-state index is 12.3. The largest absolute Gasteiger partial charge is 0.398 e. The van der Waals surface area contributed by atoms with Crippen molar-refractivity contribution in [3.63, 3.8) is 0 Å². The highest BCUT2D eigenvalue weighted by molar-refractivity contribution is 7.17. The molecule has 0 aliphatic heterocycles. The van der Waals surface area contributed by atoms with Gasteiger partial charge in [0.1, 0.15) is 4.70 Å². The van der Waals surface area contributed by atoms with E-state index in [0.717, 1.165) is 28.0 Å². The molecule has 5 nitrogen and oxygen atoms in total. The maximum Gasteiger partial charge on any atom is 0.271 e. The second-order valence-corrected chi connectivity index (χ2v) is 5.66. The Morgan fingerprint density at radius 1 is 1.35 bits per heavy atom. The third-order valence-corrected chi connectivity index (χ3v) is 4.32. The number of pyridine rings is 1. The lowest BCUT2D eigenvalue weighted by Gasteiger charge is -2.11. The highest BCUT2D eigenvalue weighted by atomic mass is 32.1. The van der Waals surface area contributed by atoms with Crippen LogP contribution in [0.5, 0.6) is 0 Å². The number of nitrogen functional groups attached to an aromatic ring is 1. The van der Waals surface area contributed by atoms with E-state index in [9.17, 15) is 4.79 Å². The number of nitrogens with zero attached hydrogens (tertiary/aromatic N) is 3. The molecule has 0 aliphatic carbocycles. The van der Waals surface area contributed by atoms with Gasteiger partial charge < -0.3 is 5.73 Å². The van der Waals surface area contributed by atoms with Gasteiger partial charge >= 0.3 is 0 Å². The molecule has 0 radical (unpaired) electrons. The zero-order chi connectivity index (χ0) is 14.3. The second kappa shape index (κ2) is 4.72. The number of anilines is 1. The molecular formula is C14H14N4OS. The van der Waals surface area contributed by atoms with E-state index in [4.69, 9.17) is 5.73 Å². The van der Waals surface area contributed by atoms with Gasteiger partial charge in [0.15, 0.2) is 0 Å². The van der Waals surface area contributed by atoms with Gasteiger partial charge in [-0.2, -0.15) is 0 Å². The summed E-state index contributed by atoms with van der Waals surface area (Å²) in [7, 11) is 0. The summed E-state index contributed by atoms with van der Waals surface area (Å²) >= 11 is 1.41. The zero-order valence-corrected chi connectivity index (χ0v) is 12.1. The van der Waals surface area contributed by atoms with E-state index in [1.807, 2.05) is 25.3 Å². The molecule has 3 rings (SSSR count). The molecule has 0 aromatic carbocycles. The van der Waals surface area contributed by atoms with Crippen LogP contribution in [0.3, 0.4) is 0 Å². The summed E-state index contributed by atoms with van der Waals surface area (Å²) in [6, 6.07) is 1.85. The Kier molecular flexibility index (Phi) is 3.02. The molecule has 3 heterocycles. The van der Waals surface area contributed by atoms with Crippen molar-refractivity contribution in [2.75, 3.05) is 5.73 Å². The lowest BCUT2D eigenvalue weighted by molar-refractivity contribution is 0.726. The molecule has 0 bridgehead atoms. The molecule has 0 unspecified atom stereocenters. The van der Waals surface area contributed by atoms with Gasteiger partial charge in [0.25, 0.3) is 5.56 Å². The molecule has 0 saturated heterocycles. The quantitative estimate of drug-likeness (QED) is 0.783. The zero-order valence-electron chi connectivity index (χ0n) is 11.3. The summed E-state index contributed by atoms with van der Waals surface area (Å²) in [5.74, 6) is 0. The molecule has 0 amide bonds. The third kappa shape index (κ3) is 1.98. The van der Waals surface area contributed by atoms with E-state index >= 15 is 0 Å². The molecule has 0 atom stereocenters. The number of nitrogens with two attached hydrogens (primary N) is 1. The minimum Gasteiger partial charge on any atom is -0.398 e. The van der Waals surface area contributed by atoms with Crippen LogP contribution in [0.4, 0.5) is 5.69 Å². The normalized spacial score (nSPS) is 11.1. The first kappa shape index (κ1) is 12.8. The van der Waals surface area contributed by atoms with Crippen molar-refractivity contribution >= 4 is 27.2 Å². The Morgan fingerprint density at radius 3 is 2.95 bits per heavy atom. The SMILES string of the molecule is Cc1cnc(Cn2cnc3ccsc3c2=O)c(C)c1N. The van der Waals surface area contributed by atoms with Crippen LogP contribution in [0.2, 0.25) is 0 Å². The summed E-state index contributed by atoms with van der Waals surface area (Å²) in [4.78, 5) is 21.0. The highest BCUT2D eigenvalue weighted by Gasteiger charge is 2.10. The van der Waals surface area contributed by atoms with E-state index in [1.54, 1.807) is 17.1 Å². The minimum absolute atomic E-state index is 0.0367. The first-order valence-electron chi connectivity index (χ1n) is 6.21. The lowest BCUT2D eigenvalue weighted by Crippen LogP contribution is -2.21. The molecule has 3 aromatic rings. The van der Waals surface area contributed by atoms with E-state index < -0.39 is 0 Å². The smallest absolute Gasteiger partial charge is 0.271 e. The van der Waals surface area contributed by atoms with Gasteiger partial charge in [0.2, 0.25) is 0 Å². The summed E-state index contributed by atoms with van der Waals surface area (Å²) in [5, 5.41) is 1.87. The van der Waals surface area contributed by atoms with Crippen molar-refractivity contribution in [2.45, 2.75) is 20.4 Å². The van der Waals surface area contributed by atoms with Crippen LogP contribution in [0.15, 0.2) is 28.8 Å². The summed E-state index contributed by atoms with van der Waals surface area (Å²) in [5.41, 5.74) is 10.1. The Hall–Kier alpha value is -2.21. The van der Waals surface area contributed by atoms with Crippen molar-refractivity contribution in [2.24, 2.45) is 0 Å². The van der Waals surface area contributed by atoms with Gasteiger partial charge in [0, 0.05) is 11.9 Å². The Balaban J connectivity index is 2.08. The van der Waals surface area contributed by atoms with Crippen LogP contribution in [-0.2, 0) is 6.54 Å². The fraction of sp³-hybridized carbons (Fsp3) is 0.214. The molecule has 0 spiro atoms. The average Bonchev–Trinajstić information content (AvgIpc) is 2.91. The molecule has 0 fully saturated rings. The first-order chi connectivity index (χ1) is 9.58. The van der Waals surface area contributed by atoms with E-state index in [-0.39, 0.29) is 5.56 Å². The van der Waals surface area contributed by atoms with Gasteiger partial charge in [-0.25, -0.2) is 4.98 Å². The Bertz CT molecular complexity index is 850. The van der Waals surface area contributed by atoms with E-state index in [0.29, 0.717) is 11.2 Å². The number of aryl methyl sites for hydroxylation is 1.